The molecule has 0 fully saturated rings. The highest BCUT2D eigenvalue weighted by atomic mass is 127. The quantitative estimate of drug-likeness (QED) is 0.575. The zero-order chi connectivity index (χ0) is 8.72. The maximum atomic E-state index is 2.42. The monoisotopic (exact) mass is 400 g/mol. The highest BCUT2D eigenvalue weighted by Gasteiger charge is 2.05. The molecule has 0 bridgehead atoms. The third kappa shape index (κ3) is 1.50. The van der Waals surface area contributed by atoms with Crippen LogP contribution in [0.2, 0.25) is 0 Å². The first kappa shape index (κ1) is 9.21. The maximum Gasteiger partial charge on any atom is 0.0357 e. The second-order valence-electron chi connectivity index (χ2n) is 2.61. The Kier molecular flexibility index (Phi) is 2.62. The Morgan fingerprint density at radius 3 is 2.75 bits per heavy atom. The SMILES string of the molecule is Cc1sc2ccc(I)cc2c1I. The van der Waals surface area contributed by atoms with Crippen molar-refractivity contribution in [1.82, 2.24) is 0 Å². The first-order chi connectivity index (χ1) is 5.68. The van der Waals surface area contributed by atoms with Crippen molar-refractivity contribution < 1.29 is 0 Å². The summed E-state index contributed by atoms with van der Waals surface area (Å²) in [5.41, 5.74) is 0. The van der Waals surface area contributed by atoms with Gasteiger partial charge < -0.3 is 0 Å². The first-order valence-corrected chi connectivity index (χ1v) is 6.50. The van der Waals surface area contributed by atoms with Crippen molar-refractivity contribution in [1.29, 1.82) is 0 Å². The van der Waals surface area contributed by atoms with Gasteiger partial charge in [0.2, 0.25) is 0 Å². The number of hydrogen-bond acceptors (Lipinski definition) is 1. The van der Waals surface area contributed by atoms with Crippen molar-refractivity contribution in [3.8, 4) is 0 Å². The largest absolute Gasteiger partial charge is 0.139 e. The van der Waals surface area contributed by atoms with Crippen molar-refractivity contribution in [3.05, 3.63) is 30.2 Å². The predicted molar refractivity (Wildman–Crippen MR) is 72.0 cm³/mol. The van der Waals surface area contributed by atoms with Gasteiger partial charge >= 0.3 is 0 Å². The lowest BCUT2D eigenvalue weighted by Crippen LogP contribution is -1.71. The van der Waals surface area contributed by atoms with E-state index in [0.717, 1.165) is 0 Å². The Labute approximate surface area is 103 Å². The van der Waals surface area contributed by atoms with Crippen molar-refractivity contribution in [2.45, 2.75) is 6.92 Å². The number of thiophene rings is 1. The van der Waals surface area contributed by atoms with Crippen molar-refractivity contribution in [3.63, 3.8) is 0 Å². The fourth-order valence-corrected chi connectivity index (χ4v) is 3.55. The minimum atomic E-state index is 1.32. The van der Waals surface area contributed by atoms with E-state index in [-0.39, 0.29) is 0 Å². The van der Waals surface area contributed by atoms with E-state index in [2.05, 4.69) is 70.3 Å². The van der Waals surface area contributed by atoms with E-state index in [0.29, 0.717) is 0 Å². The van der Waals surface area contributed by atoms with Gasteiger partial charge in [0.25, 0.3) is 0 Å². The Hall–Kier alpha value is 0.640. The molecule has 0 saturated carbocycles. The first-order valence-electron chi connectivity index (χ1n) is 3.52. The molecule has 0 amide bonds. The Balaban J connectivity index is 2.88. The van der Waals surface area contributed by atoms with Crippen molar-refractivity contribution >= 4 is 66.6 Å². The third-order valence-electron chi connectivity index (χ3n) is 1.75. The van der Waals surface area contributed by atoms with Crippen LogP contribution in [-0.2, 0) is 0 Å². The van der Waals surface area contributed by atoms with Crippen molar-refractivity contribution in [2.24, 2.45) is 0 Å². The number of hydrogen-bond donors (Lipinski definition) is 0. The molecular weight excluding hydrogens is 394 g/mol. The molecule has 0 aliphatic rings. The summed E-state index contributed by atoms with van der Waals surface area (Å²) in [6, 6.07) is 6.62. The van der Waals surface area contributed by atoms with E-state index in [4.69, 9.17) is 0 Å². The summed E-state index contributed by atoms with van der Waals surface area (Å²) in [4.78, 5) is 1.42. The van der Waals surface area contributed by atoms with Crippen molar-refractivity contribution in [2.75, 3.05) is 0 Å². The van der Waals surface area contributed by atoms with E-state index >= 15 is 0 Å². The zero-order valence-electron chi connectivity index (χ0n) is 6.40. The van der Waals surface area contributed by atoms with Gasteiger partial charge in [0.15, 0.2) is 0 Å². The molecule has 0 N–H and O–H groups in total. The molecule has 0 aliphatic carbocycles. The van der Waals surface area contributed by atoms with Crippen LogP contribution in [0.25, 0.3) is 10.1 Å². The molecule has 0 atom stereocenters. The lowest BCUT2D eigenvalue weighted by Gasteiger charge is -1.91. The zero-order valence-corrected chi connectivity index (χ0v) is 11.5. The van der Waals surface area contributed by atoms with E-state index in [1.807, 2.05) is 11.3 Å². The smallest absolute Gasteiger partial charge is 0.0357 e. The second kappa shape index (κ2) is 3.42. The number of halogens is 2. The van der Waals surface area contributed by atoms with E-state index in [1.54, 1.807) is 0 Å². The summed E-state index contributed by atoms with van der Waals surface area (Å²) in [5, 5.41) is 1.41. The molecule has 1 aromatic carbocycles. The van der Waals surface area contributed by atoms with Crippen LogP contribution in [0.3, 0.4) is 0 Å². The molecule has 0 nitrogen and oxygen atoms in total. The normalized spacial score (nSPS) is 10.9. The van der Waals surface area contributed by atoms with Crippen LogP contribution in [0.1, 0.15) is 4.88 Å². The number of aryl methyl sites for hydroxylation is 1. The summed E-state index contributed by atoms with van der Waals surface area (Å²) in [6.07, 6.45) is 0. The highest BCUT2D eigenvalue weighted by Crippen LogP contribution is 2.32. The van der Waals surface area contributed by atoms with Gasteiger partial charge in [-0.1, -0.05) is 0 Å². The molecule has 0 radical (unpaired) electrons. The maximum absolute atomic E-state index is 2.42. The van der Waals surface area contributed by atoms with Gasteiger partial charge in [0.1, 0.15) is 0 Å². The van der Waals surface area contributed by atoms with Gasteiger partial charge in [-0.15, -0.1) is 11.3 Å². The van der Waals surface area contributed by atoms with Crippen LogP contribution in [0.15, 0.2) is 18.2 Å². The lowest BCUT2D eigenvalue weighted by atomic mass is 10.2. The van der Waals surface area contributed by atoms with Crippen LogP contribution in [0.4, 0.5) is 0 Å². The molecule has 1 heterocycles. The molecule has 2 rings (SSSR count). The van der Waals surface area contributed by atoms with Gasteiger partial charge in [-0.2, -0.15) is 0 Å². The predicted octanol–water partition coefficient (Wildman–Crippen LogP) is 4.42. The molecule has 3 heteroatoms. The van der Waals surface area contributed by atoms with E-state index < -0.39 is 0 Å². The van der Waals surface area contributed by atoms with Crippen LogP contribution >= 0.6 is 56.5 Å². The van der Waals surface area contributed by atoms with Gasteiger partial charge in [-0.05, 0) is 70.3 Å². The van der Waals surface area contributed by atoms with Gasteiger partial charge in [0.05, 0.1) is 0 Å². The van der Waals surface area contributed by atoms with Gasteiger partial charge in [-0.25, -0.2) is 0 Å². The highest BCUT2D eigenvalue weighted by molar-refractivity contribution is 14.1. The average molecular weight is 400 g/mol. The van der Waals surface area contributed by atoms with E-state index in [1.165, 1.54) is 22.1 Å². The molecule has 1 aromatic heterocycles. The molecule has 2 aromatic rings. The summed E-state index contributed by atoms with van der Waals surface area (Å²) < 4.78 is 4.12. The molecule has 0 saturated heterocycles. The van der Waals surface area contributed by atoms with Gasteiger partial charge in [0, 0.05) is 22.1 Å². The summed E-state index contributed by atoms with van der Waals surface area (Å²) in [7, 11) is 0. The Bertz CT molecular complexity index is 431. The summed E-state index contributed by atoms with van der Waals surface area (Å²) >= 11 is 6.65. The molecule has 12 heavy (non-hydrogen) atoms. The fourth-order valence-electron chi connectivity index (χ4n) is 1.16. The van der Waals surface area contributed by atoms with Crippen LogP contribution in [0.5, 0.6) is 0 Å². The minimum absolute atomic E-state index is 1.32. The Morgan fingerprint density at radius 1 is 1.25 bits per heavy atom. The Morgan fingerprint density at radius 2 is 2.00 bits per heavy atom. The number of rotatable bonds is 0. The topological polar surface area (TPSA) is 0 Å². The summed E-state index contributed by atoms with van der Waals surface area (Å²) in [6.45, 7) is 2.18. The number of benzene rings is 1. The molecular formula is C9H6I2S. The molecule has 0 spiro atoms. The summed E-state index contributed by atoms with van der Waals surface area (Å²) in [5.74, 6) is 0. The molecule has 62 valence electrons. The van der Waals surface area contributed by atoms with Crippen LogP contribution < -0.4 is 0 Å². The fraction of sp³-hybridized carbons (Fsp3) is 0.111. The standard InChI is InChI=1S/C9H6I2S/c1-5-9(11)7-4-6(10)2-3-8(7)12-5/h2-4H,1H3. The average Bonchev–Trinajstić information content (AvgIpc) is 2.31. The van der Waals surface area contributed by atoms with Gasteiger partial charge in [-0.3, -0.25) is 0 Å². The van der Waals surface area contributed by atoms with Crippen LogP contribution in [-0.4, -0.2) is 0 Å². The number of fused-ring (bicyclic) bond motifs is 1. The van der Waals surface area contributed by atoms with E-state index in [9.17, 15) is 0 Å². The minimum Gasteiger partial charge on any atom is -0.139 e. The van der Waals surface area contributed by atoms with Crippen LogP contribution in [0, 0.1) is 14.1 Å². The second-order valence-corrected chi connectivity index (χ2v) is 6.19. The molecule has 0 aliphatic heterocycles. The third-order valence-corrected chi connectivity index (χ3v) is 5.26. The lowest BCUT2D eigenvalue weighted by molar-refractivity contribution is 1.60. The molecule has 0 unspecified atom stereocenters.